The molecule has 138 valence electrons. The number of halogens is 1. The Kier molecular flexibility index (Phi) is 8.41. The van der Waals surface area contributed by atoms with Crippen LogP contribution in [0.2, 0.25) is 0 Å². The molecule has 2 atom stereocenters. The van der Waals surface area contributed by atoms with E-state index in [0.717, 1.165) is 37.6 Å². The maximum Gasteiger partial charge on any atom is 0.194 e. The van der Waals surface area contributed by atoms with Gasteiger partial charge in [0.05, 0.1) is 19.2 Å². The van der Waals surface area contributed by atoms with Crippen molar-refractivity contribution in [2.75, 3.05) is 20.1 Å². The number of aliphatic hydroxyl groups excluding tert-OH is 1. The molecule has 0 saturated heterocycles. The zero-order valence-corrected chi connectivity index (χ0v) is 17.5. The fraction of sp³-hybridized carbons (Fsp3) is 0.812. The van der Waals surface area contributed by atoms with Crippen molar-refractivity contribution in [1.29, 1.82) is 0 Å². The first kappa shape index (κ1) is 21.1. The van der Waals surface area contributed by atoms with Gasteiger partial charge in [0.15, 0.2) is 5.96 Å². The average molecular weight is 450 g/mol. The molecule has 2 rings (SSSR count). The minimum absolute atomic E-state index is 0. The zero-order valence-electron chi connectivity index (χ0n) is 15.2. The molecule has 8 heteroatoms. The number of aromatic nitrogens is 3. The molecule has 0 aromatic carbocycles. The number of hydrogen-bond donors (Lipinski definition) is 2. The number of nitrogens with one attached hydrogen (secondary N) is 1. The molecule has 0 spiro atoms. The van der Waals surface area contributed by atoms with Gasteiger partial charge in [0.1, 0.15) is 12.2 Å². The summed E-state index contributed by atoms with van der Waals surface area (Å²) in [6.07, 6.45) is 5.52. The second kappa shape index (κ2) is 9.55. The Morgan fingerprint density at radius 1 is 1.54 bits per heavy atom. The van der Waals surface area contributed by atoms with Crippen LogP contribution in [0.1, 0.15) is 45.4 Å². The number of guanidine groups is 1. The summed E-state index contributed by atoms with van der Waals surface area (Å²) in [7, 11) is 3.88. The molecular weight excluding hydrogens is 419 g/mol. The molecule has 2 unspecified atom stereocenters. The lowest BCUT2D eigenvalue weighted by molar-refractivity contribution is 0.00705. The van der Waals surface area contributed by atoms with E-state index >= 15 is 0 Å². The Morgan fingerprint density at radius 3 is 2.88 bits per heavy atom. The summed E-state index contributed by atoms with van der Waals surface area (Å²) in [4.78, 5) is 11.1. The highest BCUT2D eigenvalue weighted by atomic mass is 127. The Labute approximate surface area is 162 Å². The van der Waals surface area contributed by atoms with Gasteiger partial charge in [0, 0.05) is 26.1 Å². The molecule has 0 bridgehead atoms. The van der Waals surface area contributed by atoms with Gasteiger partial charge in [0.25, 0.3) is 0 Å². The first-order valence-electron chi connectivity index (χ1n) is 8.46. The molecule has 1 fully saturated rings. The second-order valence-electron chi connectivity index (χ2n) is 6.74. The highest BCUT2D eigenvalue weighted by Crippen LogP contribution is 2.36. The molecule has 1 aromatic rings. The maximum atomic E-state index is 10.3. The molecule has 0 aliphatic heterocycles. The highest BCUT2D eigenvalue weighted by molar-refractivity contribution is 14.0. The van der Waals surface area contributed by atoms with Crippen LogP contribution in [0.3, 0.4) is 0 Å². The van der Waals surface area contributed by atoms with Gasteiger partial charge in [-0.3, -0.25) is 9.67 Å². The SMILES string of the molecule is CCNC(=NCC1(C)CCCCC1O)N(C)Cc1ncnn1C.I. The van der Waals surface area contributed by atoms with Gasteiger partial charge in [-0.05, 0) is 19.8 Å². The third-order valence-electron chi connectivity index (χ3n) is 4.75. The average Bonchev–Trinajstić information content (AvgIpc) is 2.92. The normalized spacial score (nSPS) is 24.4. The van der Waals surface area contributed by atoms with Crippen LogP contribution >= 0.6 is 24.0 Å². The van der Waals surface area contributed by atoms with E-state index in [2.05, 4.69) is 29.2 Å². The number of aryl methyl sites for hydroxylation is 1. The summed E-state index contributed by atoms with van der Waals surface area (Å²) < 4.78 is 1.77. The summed E-state index contributed by atoms with van der Waals surface area (Å²) in [5, 5.41) is 17.8. The number of hydrogen-bond acceptors (Lipinski definition) is 4. The molecule has 24 heavy (non-hydrogen) atoms. The number of aliphatic hydroxyl groups is 1. The molecule has 0 radical (unpaired) electrons. The van der Waals surface area contributed by atoms with Crippen molar-refractivity contribution < 1.29 is 5.11 Å². The van der Waals surface area contributed by atoms with Crippen molar-refractivity contribution >= 4 is 29.9 Å². The molecule has 1 heterocycles. The maximum absolute atomic E-state index is 10.3. The van der Waals surface area contributed by atoms with Gasteiger partial charge in [-0.15, -0.1) is 24.0 Å². The van der Waals surface area contributed by atoms with E-state index in [9.17, 15) is 5.11 Å². The van der Waals surface area contributed by atoms with Gasteiger partial charge in [-0.1, -0.05) is 19.8 Å². The van der Waals surface area contributed by atoms with E-state index in [4.69, 9.17) is 4.99 Å². The summed E-state index contributed by atoms with van der Waals surface area (Å²) in [5.74, 6) is 1.73. The smallest absolute Gasteiger partial charge is 0.194 e. The Hall–Kier alpha value is -0.900. The van der Waals surface area contributed by atoms with E-state index in [0.29, 0.717) is 13.1 Å². The van der Waals surface area contributed by atoms with Crippen LogP contribution in [0, 0.1) is 5.41 Å². The molecule has 1 aromatic heterocycles. The predicted octanol–water partition coefficient (Wildman–Crippen LogP) is 1.77. The summed E-state index contributed by atoms with van der Waals surface area (Å²) in [6.45, 7) is 6.29. The largest absolute Gasteiger partial charge is 0.392 e. The van der Waals surface area contributed by atoms with E-state index in [1.165, 1.54) is 6.42 Å². The monoisotopic (exact) mass is 450 g/mol. The van der Waals surface area contributed by atoms with E-state index in [1.54, 1.807) is 11.0 Å². The van der Waals surface area contributed by atoms with Crippen molar-refractivity contribution in [3.05, 3.63) is 12.2 Å². The Bertz CT molecular complexity index is 534. The number of rotatable bonds is 5. The van der Waals surface area contributed by atoms with Crippen molar-refractivity contribution in [1.82, 2.24) is 25.0 Å². The van der Waals surface area contributed by atoms with Crippen LogP contribution in [-0.2, 0) is 13.6 Å². The lowest BCUT2D eigenvalue weighted by Crippen LogP contribution is -2.42. The second-order valence-corrected chi connectivity index (χ2v) is 6.74. The molecule has 2 N–H and O–H groups in total. The van der Waals surface area contributed by atoms with Crippen molar-refractivity contribution in [2.24, 2.45) is 17.5 Å². The van der Waals surface area contributed by atoms with Crippen LogP contribution in [0.25, 0.3) is 0 Å². The van der Waals surface area contributed by atoms with Gasteiger partial charge >= 0.3 is 0 Å². The summed E-state index contributed by atoms with van der Waals surface area (Å²) >= 11 is 0. The van der Waals surface area contributed by atoms with E-state index in [1.807, 2.05) is 19.0 Å². The van der Waals surface area contributed by atoms with Gasteiger partial charge in [0.2, 0.25) is 0 Å². The Balaban J connectivity index is 0.00000288. The fourth-order valence-corrected chi connectivity index (χ4v) is 3.04. The third-order valence-corrected chi connectivity index (χ3v) is 4.75. The summed E-state index contributed by atoms with van der Waals surface area (Å²) in [6, 6.07) is 0. The van der Waals surface area contributed by atoms with Crippen LogP contribution in [0.5, 0.6) is 0 Å². The third kappa shape index (κ3) is 5.30. The van der Waals surface area contributed by atoms with E-state index < -0.39 is 0 Å². The van der Waals surface area contributed by atoms with Gasteiger partial charge in [-0.2, -0.15) is 5.10 Å². The van der Waals surface area contributed by atoms with Gasteiger partial charge in [-0.25, -0.2) is 4.98 Å². The first-order valence-corrected chi connectivity index (χ1v) is 8.46. The fourth-order valence-electron chi connectivity index (χ4n) is 3.04. The lowest BCUT2D eigenvalue weighted by atomic mass is 9.73. The van der Waals surface area contributed by atoms with Crippen molar-refractivity contribution in [2.45, 2.75) is 52.2 Å². The van der Waals surface area contributed by atoms with Gasteiger partial charge < -0.3 is 15.3 Å². The number of aliphatic imine (C=N–C) groups is 1. The summed E-state index contributed by atoms with van der Waals surface area (Å²) in [5.41, 5.74) is -0.120. The first-order chi connectivity index (χ1) is 11.0. The van der Waals surface area contributed by atoms with Crippen molar-refractivity contribution in [3.63, 3.8) is 0 Å². The van der Waals surface area contributed by atoms with Crippen LogP contribution in [-0.4, -0.2) is 57.0 Å². The Morgan fingerprint density at radius 2 is 2.29 bits per heavy atom. The van der Waals surface area contributed by atoms with Crippen LogP contribution in [0.4, 0.5) is 0 Å². The van der Waals surface area contributed by atoms with Crippen LogP contribution < -0.4 is 5.32 Å². The molecule has 7 nitrogen and oxygen atoms in total. The minimum atomic E-state index is -0.257. The lowest BCUT2D eigenvalue weighted by Gasteiger charge is -2.37. The topological polar surface area (TPSA) is 78.6 Å². The molecule has 0 amide bonds. The van der Waals surface area contributed by atoms with E-state index in [-0.39, 0.29) is 35.5 Å². The van der Waals surface area contributed by atoms with Crippen molar-refractivity contribution in [3.8, 4) is 0 Å². The van der Waals surface area contributed by atoms with Crippen LogP contribution in [0.15, 0.2) is 11.3 Å². The molecule has 1 saturated carbocycles. The molecule has 1 aliphatic rings. The zero-order chi connectivity index (χ0) is 16.9. The standard InChI is InChI=1S/C16H30N6O.HI/c1-5-17-15(21(3)10-14-19-12-20-22(14)4)18-11-16(2)9-7-6-8-13(16)23;/h12-13,23H,5-11H2,1-4H3,(H,17,18);1H. The quantitative estimate of drug-likeness (QED) is 0.406. The molecular formula is C16H31IN6O. The molecule has 1 aliphatic carbocycles. The minimum Gasteiger partial charge on any atom is -0.392 e. The number of nitrogens with zero attached hydrogens (tertiary/aromatic N) is 5. The predicted molar refractivity (Wildman–Crippen MR) is 106 cm³/mol. The highest BCUT2D eigenvalue weighted by Gasteiger charge is 2.35.